The first-order valence-electron chi connectivity index (χ1n) is 6.66. The van der Waals surface area contributed by atoms with Crippen LogP contribution in [0, 0.1) is 0 Å². The average molecular weight is 273 g/mol. The lowest BCUT2D eigenvalue weighted by Crippen LogP contribution is -2.20. The Hall–Kier alpha value is -2.07. The molecule has 2 N–H and O–H groups in total. The average Bonchev–Trinajstić information content (AvgIpc) is 2.46. The van der Waals surface area contributed by atoms with Crippen molar-refractivity contribution >= 4 is 16.7 Å². The predicted octanol–water partition coefficient (Wildman–Crippen LogP) is 2.41. The van der Waals surface area contributed by atoms with Crippen LogP contribution in [0.1, 0.15) is 25.0 Å². The van der Waals surface area contributed by atoms with Crippen LogP contribution in [-0.2, 0) is 4.79 Å². The van der Waals surface area contributed by atoms with Crippen LogP contribution in [0.5, 0.6) is 5.75 Å². The molecule has 0 bridgehead atoms. The summed E-state index contributed by atoms with van der Waals surface area (Å²) < 4.78 is 5.76. The van der Waals surface area contributed by atoms with Crippen LogP contribution in [-0.4, -0.2) is 24.7 Å². The van der Waals surface area contributed by atoms with E-state index in [0.717, 1.165) is 16.3 Å². The van der Waals surface area contributed by atoms with Gasteiger partial charge in [0.2, 0.25) is 5.91 Å². The fourth-order valence-corrected chi connectivity index (χ4v) is 2.12. The smallest absolute Gasteiger partial charge is 0.223 e. The van der Waals surface area contributed by atoms with E-state index in [1.54, 1.807) is 14.0 Å². The summed E-state index contributed by atoms with van der Waals surface area (Å²) in [6.45, 7) is 1.99. The molecular formula is C16H19NO3. The summed E-state index contributed by atoms with van der Waals surface area (Å²) in [5.74, 6) is 0.589. The molecule has 0 radical (unpaired) electrons. The Morgan fingerprint density at radius 2 is 2.05 bits per heavy atom. The molecule has 1 atom stereocenters. The number of aliphatic hydroxyl groups excluding tert-OH is 1. The van der Waals surface area contributed by atoms with E-state index in [1.807, 2.05) is 36.4 Å². The maximum atomic E-state index is 11.2. The molecule has 0 heterocycles. The molecule has 0 spiro atoms. The number of nitrogens with one attached hydrogen (secondary N) is 1. The Bertz CT molecular complexity index is 608. The number of fused-ring (bicyclic) bond motifs is 1. The number of carbonyl (C=O) groups is 1. The minimum absolute atomic E-state index is 0.0659. The van der Waals surface area contributed by atoms with E-state index >= 15 is 0 Å². The Kier molecular flexibility index (Phi) is 4.58. The van der Waals surface area contributed by atoms with Crippen molar-refractivity contribution < 1.29 is 14.6 Å². The summed E-state index contributed by atoms with van der Waals surface area (Å²) in [7, 11) is 1.60. The van der Waals surface area contributed by atoms with Crippen LogP contribution in [0.4, 0.5) is 0 Å². The van der Waals surface area contributed by atoms with Gasteiger partial charge in [-0.05, 0) is 12.3 Å². The van der Waals surface area contributed by atoms with Crippen molar-refractivity contribution in [3.8, 4) is 5.75 Å². The highest BCUT2D eigenvalue weighted by atomic mass is 16.5. The maximum absolute atomic E-state index is 11.2. The van der Waals surface area contributed by atoms with Gasteiger partial charge >= 0.3 is 0 Å². The van der Waals surface area contributed by atoms with Crippen molar-refractivity contribution in [2.24, 2.45) is 0 Å². The normalized spacial score (nSPS) is 12.2. The third-order valence-electron chi connectivity index (χ3n) is 3.21. The highest BCUT2D eigenvalue weighted by molar-refractivity contribution is 5.89. The van der Waals surface area contributed by atoms with Crippen LogP contribution >= 0.6 is 0 Å². The second-order valence-corrected chi connectivity index (χ2v) is 4.65. The molecule has 0 aliphatic rings. The zero-order chi connectivity index (χ0) is 14.5. The molecule has 0 saturated carbocycles. The summed E-state index contributed by atoms with van der Waals surface area (Å²) in [5, 5.41) is 14.4. The first-order valence-corrected chi connectivity index (χ1v) is 6.66. The third-order valence-corrected chi connectivity index (χ3v) is 3.21. The molecule has 4 heteroatoms. The van der Waals surface area contributed by atoms with Gasteiger partial charge in [0.25, 0.3) is 0 Å². The molecule has 0 aliphatic heterocycles. The highest BCUT2D eigenvalue weighted by Gasteiger charge is 2.13. The molecule has 0 aliphatic carbocycles. The number of benzene rings is 2. The van der Waals surface area contributed by atoms with Crippen LogP contribution in [0.25, 0.3) is 10.8 Å². The Balaban J connectivity index is 2.32. The number of ether oxygens (including phenoxy) is 1. The first-order chi connectivity index (χ1) is 9.63. The van der Waals surface area contributed by atoms with Gasteiger partial charge in [-0.3, -0.25) is 4.79 Å². The van der Waals surface area contributed by atoms with E-state index in [9.17, 15) is 9.90 Å². The van der Waals surface area contributed by atoms with Gasteiger partial charge in [-0.25, -0.2) is 0 Å². The minimum atomic E-state index is -0.616. The minimum Gasteiger partial charge on any atom is -0.492 e. The summed E-state index contributed by atoms with van der Waals surface area (Å²) in [6, 6.07) is 11.7. The van der Waals surface area contributed by atoms with Crippen LogP contribution < -0.4 is 10.1 Å². The van der Waals surface area contributed by atoms with E-state index in [-0.39, 0.29) is 12.5 Å². The Labute approximate surface area is 118 Å². The Morgan fingerprint density at radius 3 is 2.75 bits per heavy atom. The van der Waals surface area contributed by atoms with E-state index in [4.69, 9.17) is 4.74 Å². The molecule has 0 fully saturated rings. The number of amides is 1. The van der Waals surface area contributed by atoms with Crippen molar-refractivity contribution in [2.45, 2.75) is 19.4 Å². The van der Waals surface area contributed by atoms with Gasteiger partial charge in [0, 0.05) is 18.0 Å². The van der Waals surface area contributed by atoms with E-state index in [0.29, 0.717) is 12.2 Å². The van der Waals surface area contributed by atoms with E-state index in [1.165, 1.54) is 0 Å². The molecule has 2 rings (SSSR count). The molecule has 20 heavy (non-hydrogen) atoms. The molecule has 0 aromatic heterocycles. The van der Waals surface area contributed by atoms with Gasteiger partial charge in [0.05, 0.1) is 19.1 Å². The summed E-state index contributed by atoms with van der Waals surface area (Å²) >= 11 is 0. The van der Waals surface area contributed by atoms with Crippen molar-refractivity contribution in [2.75, 3.05) is 13.7 Å². The number of rotatable bonds is 5. The number of aliphatic hydroxyl groups is 1. The van der Waals surface area contributed by atoms with Gasteiger partial charge in [0.1, 0.15) is 5.75 Å². The van der Waals surface area contributed by atoms with Crippen molar-refractivity contribution in [1.29, 1.82) is 0 Å². The van der Waals surface area contributed by atoms with Gasteiger partial charge in [-0.15, -0.1) is 0 Å². The van der Waals surface area contributed by atoms with E-state index in [2.05, 4.69) is 5.32 Å². The number of carbonyl (C=O) groups excluding carboxylic acids is 1. The number of hydrogen-bond acceptors (Lipinski definition) is 3. The fraction of sp³-hybridized carbons (Fsp3) is 0.312. The topological polar surface area (TPSA) is 58.6 Å². The lowest BCUT2D eigenvalue weighted by Gasteiger charge is -2.16. The Morgan fingerprint density at radius 1 is 1.30 bits per heavy atom. The lowest BCUT2D eigenvalue weighted by atomic mass is 10.0. The monoisotopic (exact) mass is 273 g/mol. The lowest BCUT2D eigenvalue weighted by molar-refractivity contribution is -0.121. The molecule has 1 amide bonds. The van der Waals surface area contributed by atoms with Gasteiger partial charge in [0.15, 0.2) is 0 Å². The molecule has 106 valence electrons. The van der Waals surface area contributed by atoms with Crippen LogP contribution in [0.2, 0.25) is 0 Å². The fourth-order valence-electron chi connectivity index (χ4n) is 2.12. The van der Waals surface area contributed by atoms with Crippen LogP contribution in [0.3, 0.4) is 0 Å². The standard InChI is InChI=1S/C16H19NO3/c1-11(18)13-8-7-12-5-3-4-6-14(12)16(13)20-10-9-15(19)17-2/h3-8,11,18H,9-10H2,1-2H3,(H,17,19)/t11-/m1/s1. The quantitative estimate of drug-likeness (QED) is 0.879. The summed E-state index contributed by atoms with van der Waals surface area (Å²) in [4.78, 5) is 11.2. The van der Waals surface area contributed by atoms with Crippen LogP contribution in [0.15, 0.2) is 36.4 Å². The zero-order valence-corrected chi connectivity index (χ0v) is 11.7. The SMILES string of the molecule is CNC(=O)CCOc1c([C@@H](C)O)ccc2ccccc12. The molecule has 2 aromatic rings. The second kappa shape index (κ2) is 6.39. The predicted molar refractivity (Wildman–Crippen MR) is 78.8 cm³/mol. The van der Waals surface area contributed by atoms with E-state index < -0.39 is 6.10 Å². The molecular weight excluding hydrogens is 254 g/mol. The largest absolute Gasteiger partial charge is 0.492 e. The van der Waals surface area contributed by atoms with Crippen molar-refractivity contribution in [3.63, 3.8) is 0 Å². The van der Waals surface area contributed by atoms with Crippen molar-refractivity contribution in [1.82, 2.24) is 5.32 Å². The second-order valence-electron chi connectivity index (χ2n) is 4.65. The molecule has 4 nitrogen and oxygen atoms in total. The first kappa shape index (κ1) is 14.3. The zero-order valence-electron chi connectivity index (χ0n) is 11.7. The van der Waals surface area contributed by atoms with Gasteiger partial charge in [-0.1, -0.05) is 36.4 Å². The van der Waals surface area contributed by atoms with Gasteiger partial charge < -0.3 is 15.2 Å². The summed E-state index contributed by atoms with van der Waals surface area (Å²) in [6.07, 6.45) is -0.325. The summed E-state index contributed by atoms with van der Waals surface area (Å²) in [5.41, 5.74) is 0.737. The molecule has 0 saturated heterocycles. The molecule has 2 aromatic carbocycles. The molecule has 0 unspecified atom stereocenters. The number of hydrogen-bond donors (Lipinski definition) is 2. The van der Waals surface area contributed by atoms with Crippen molar-refractivity contribution in [3.05, 3.63) is 42.0 Å². The van der Waals surface area contributed by atoms with Gasteiger partial charge in [-0.2, -0.15) is 0 Å². The third kappa shape index (κ3) is 3.08. The highest BCUT2D eigenvalue weighted by Crippen LogP contribution is 2.33. The maximum Gasteiger partial charge on any atom is 0.223 e.